The van der Waals surface area contributed by atoms with E-state index in [2.05, 4.69) is 17.2 Å². The molecule has 8 heteroatoms. The topological polar surface area (TPSA) is 73.1 Å². The van der Waals surface area contributed by atoms with Gasteiger partial charge in [0.2, 0.25) is 5.91 Å². The van der Waals surface area contributed by atoms with Crippen LogP contribution in [0.5, 0.6) is 0 Å². The fourth-order valence-corrected chi connectivity index (χ4v) is 4.32. The minimum atomic E-state index is -4.66. The molecule has 1 unspecified atom stereocenters. The highest BCUT2D eigenvalue weighted by atomic mass is 19.4. The summed E-state index contributed by atoms with van der Waals surface area (Å²) in [6, 6.07) is 19.0. The minimum Gasteiger partial charge on any atom is -0.394 e. The molecular formula is C29H22F4N2O2. The van der Waals surface area contributed by atoms with Crippen molar-refractivity contribution in [3.05, 3.63) is 101 Å². The Kier molecular flexibility index (Phi) is 7.07. The predicted octanol–water partition coefficient (Wildman–Crippen LogP) is 5.81. The maximum Gasteiger partial charge on any atom is 0.416 e. The van der Waals surface area contributed by atoms with Crippen LogP contribution in [0.3, 0.4) is 0 Å². The average molecular weight is 506 g/mol. The number of aliphatic hydroxyl groups is 1. The molecule has 1 fully saturated rings. The van der Waals surface area contributed by atoms with Gasteiger partial charge in [-0.1, -0.05) is 30.0 Å². The highest BCUT2D eigenvalue weighted by Crippen LogP contribution is 2.56. The third-order valence-corrected chi connectivity index (χ3v) is 6.56. The molecule has 0 heterocycles. The van der Waals surface area contributed by atoms with Crippen LogP contribution in [0, 0.1) is 34.4 Å². The number of nitriles is 1. The number of hydrogen-bond donors (Lipinski definition) is 2. The average Bonchev–Trinajstić information content (AvgIpc) is 3.67. The summed E-state index contributed by atoms with van der Waals surface area (Å²) in [5.74, 6) is 4.27. The molecule has 4 nitrogen and oxygen atoms in total. The number of benzene rings is 3. The van der Waals surface area contributed by atoms with Gasteiger partial charge in [-0.3, -0.25) is 4.79 Å². The first-order valence-electron chi connectivity index (χ1n) is 11.5. The lowest BCUT2D eigenvalue weighted by Crippen LogP contribution is -2.41. The predicted molar refractivity (Wildman–Crippen MR) is 130 cm³/mol. The van der Waals surface area contributed by atoms with E-state index in [1.54, 1.807) is 30.3 Å². The van der Waals surface area contributed by atoms with Crippen molar-refractivity contribution < 1.29 is 27.5 Å². The third-order valence-electron chi connectivity index (χ3n) is 6.56. The van der Waals surface area contributed by atoms with E-state index in [-0.39, 0.29) is 12.0 Å². The molecule has 1 atom stereocenters. The Morgan fingerprint density at radius 1 is 1.00 bits per heavy atom. The Bertz CT molecular complexity index is 1400. The van der Waals surface area contributed by atoms with Crippen molar-refractivity contribution in [1.82, 2.24) is 0 Å². The first kappa shape index (κ1) is 25.9. The lowest BCUT2D eigenvalue weighted by atomic mass is 9.74. The Morgan fingerprint density at radius 3 is 2.24 bits per heavy atom. The van der Waals surface area contributed by atoms with Gasteiger partial charge in [-0.2, -0.15) is 18.4 Å². The zero-order valence-corrected chi connectivity index (χ0v) is 19.6. The number of amides is 1. The van der Waals surface area contributed by atoms with Crippen molar-refractivity contribution in [3.63, 3.8) is 0 Å². The number of nitrogens with one attached hydrogen (secondary N) is 1. The van der Waals surface area contributed by atoms with Crippen LogP contribution in [0.4, 0.5) is 23.2 Å². The second-order valence-electron chi connectivity index (χ2n) is 9.15. The monoisotopic (exact) mass is 506 g/mol. The Labute approximate surface area is 211 Å². The second kappa shape index (κ2) is 10.1. The van der Waals surface area contributed by atoms with Crippen LogP contribution in [0.25, 0.3) is 0 Å². The zero-order chi connectivity index (χ0) is 26.7. The van der Waals surface area contributed by atoms with Crippen LogP contribution in [0.2, 0.25) is 0 Å². The Morgan fingerprint density at radius 2 is 1.68 bits per heavy atom. The molecule has 0 radical (unpaired) electrons. The largest absolute Gasteiger partial charge is 0.416 e. The molecule has 0 aromatic heterocycles. The highest BCUT2D eigenvalue weighted by molar-refractivity contribution is 5.98. The normalized spacial score (nSPS) is 15.5. The molecule has 3 aromatic rings. The Hall–Kier alpha value is -4.14. The van der Waals surface area contributed by atoms with E-state index < -0.39 is 40.9 Å². The molecule has 4 rings (SSSR count). The number of aliphatic hydroxyl groups excluding tert-OH is 1. The van der Waals surface area contributed by atoms with Crippen molar-refractivity contribution in [2.24, 2.45) is 5.41 Å². The number of anilines is 1. The van der Waals surface area contributed by atoms with Gasteiger partial charge in [-0.25, -0.2) is 4.39 Å². The van der Waals surface area contributed by atoms with Gasteiger partial charge in [0.1, 0.15) is 11.2 Å². The number of alkyl halides is 3. The van der Waals surface area contributed by atoms with E-state index in [9.17, 15) is 27.5 Å². The summed E-state index contributed by atoms with van der Waals surface area (Å²) in [7, 11) is 0. The number of carbonyl (C=O) groups excluding carboxylic acids is 1. The van der Waals surface area contributed by atoms with Crippen molar-refractivity contribution >= 4 is 11.6 Å². The summed E-state index contributed by atoms with van der Waals surface area (Å²) >= 11 is 0. The molecule has 0 saturated heterocycles. The van der Waals surface area contributed by atoms with Gasteiger partial charge < -0.3 is 10.4 Å². The molecular weight excluding hydrogens is 484 g/mol. The number of halogens is 4. The smallest absolute Gasteiger partial charge is 0.394 e. The second-order valence-corrected chi connectivity index (χ2v) is 9.15. The van der Waals surface area contributed by atoms with E-state index in [0.717, 1.165) is 12.1 Å². The first-order chi connectivity index (χ1) is 17.6. The molecule has 1 aliphatic rings. The van der Waals surface area contributed by atoms with Crippen LogP contribution >= 0.6 is 0 Å². The third kappa shape index (κ3) is 5.66. The molecule has 1 saturated carbocycles. The van der Waals surface area contributed by atoms with Crippen LogP contribution in [0.1, 0.15) is 41.5 Å². The standard InChI is InChI=1S/C29H22F4N2O2/c30-25-11-8-22(29(31,32)33)16-24(25)27(14-15-27)18-28(19-36,13-12-20-4-2-1-3-5-20)26(37)35-23-9-6-21(17-34)7-10-23/h1-11,16,36H,14-15,18-19H2,(H,35,37). The summed E-state index contributed by atoms with van der Waals surface area (Å²) in [5.41, 5.74) is -2.68. The first-order valence-corrected chi connectivity index (χ1v) is 11.5. The maximum absolute atomic E-state index is 14.8. The molecule has 2 N–H and O–H groups in total. The van der Waals surface area contributed by atoms with Gasteiger partial charge >= 0.3 is 6.18 Å². The van der Waals surface area contributed by atoms with Gasteiger partial charge in [0.15, 0.2) is 0 Å². The quantitative estimate of drug-likeness (QED) is 0.328. The van der Waals surface area contributed by atoms with Crippen molar-refractivity contribution in [3.8, 4) is 17.9 Å². The molecule has 37 heavy (non-hydrogen) atoms. The SMILES string of the molecule is N#Cc1ccc(NC(=O)C(C#Cc2ccccc2)(CO)CC2(c3cc(C(F)(F)F)ccc3F)CC2)cc1. The van der Waals surface area contributed by atoms with E-state index in [0.29, 0.717) is 35.7 Å². The summed E-state index contributed by atoms with van der Waals surface area (Å²) < 4.78 is 55.0. The van der Waals surface area contributed by atoms with Crippen molar-refractivity contribution in [1.29, 1.82) is 5.26 Å². The van der Waals surface area contributed by atoms with Gasteiger partial charge in [-0.05, 0) is 79.4 Å². The van der Waals surface area contributed by atoms with Gasteiger partial charge in [0, 0.05) is 16.7 Å². The molecule has 1 aliphatic carbocycles. The molecule has 0 bridgehead atoms. The van der Waals surface area contributed by atoms with E-state index >= 15 is 0 Å². The van der Waals surface area contributed by atoms with E-state index in [1.807, 2.05) is 6.07 Å². The molecule has 188 valence electrons. The lowest BCUT2D eigenvalue weighted by Gasteiger charge is -2.30. The van der Waals surface area contributed by atoms with Crippen molar-refractivity contribution in [2.45, 2.75) is 30.9 Å². The molecule has 1 amide bonds. The zero-order valence-electron chi connectivity index (χ0n) is 19.6. The highest BCUT2D eigenvalue weighted by Gasteiger charge is 2.54. The summed E-state index contributed by atoms with van der Waals surface area (Å²) in [4.78, 5) is 13.6. The number of carbonyl (C=O) groups is 1. The lowest BCUT2D eigenvalue weighted by molar-refractivity contribution is -0.137. The van der Waals surface area contributed by atoms with Crippen LogP contribution in [-0.2, 0) is 16.4 Å². The summed E-state index contributed by atoms with van der Waals surface area (Å²) in [6.07, 6.45) is -4.17. The van der Waals surface area contributed by atoms with Crippen LogP contribution in [0.15, 0.2) is 72.8 Å². The van der Waals surface area contributed by atoms with Crippen molar-refractivity contribution in [2.75, 3.05) is 11.9 Å². The van der Waals surface area contributed by atoms with E-state index in [4.69, 9.17) is 5.26 Å². The minimum absolute atomic E-state index is 0.146. The van der Waals surface area contributed by atoms with Gasteiger partial charge in [0.05, 0.1) is 23.8 Å². The van der Waals surface area contributed by atoms with Gasteiger partial charge in [-0.15, -0.1) is 0 Å². The van der Waals surface area contributed by atoms with Crippen LogP contribution < -0.4 is 5.32 Å². The molecule has 0 spiro atoms. The summed E-state index contributed by atoms with van der Waals surface area (Å²) in [6.45, 7) is -0.739. The van der Waals surface area contributed by atoms with E-state index in [1.165, 1.54) is 24.3 Å². The number of nitrogens with zero attached hydrogens (tertiary/aromatic N) is 1. The van der Waals surface area contributed by atoms with Gasteiger partial charge in [0.25, 0.3) is 0 Å². The summed E-state index contributed by atoms with van der Waals surface area (Å²) in [5, 5.41) is 22.2. The Balaban J connectivity index is 1.75. The number of hydrogen-bond acceptors (Lipinski definition) is 3. The maximum atomic E-state index is 14.8. The fourth-order valence-electron chi connectivity index (χ4n) is 4.32. The molecule has 3 aromatic carbocycles. The van der Waals surface area contributed by atoms with Crippen LogP contribution in [-0.4, -0.2) is 17.6 Å². The number of rotatable bonds is 6. The fraction of sp³-hybridized carbons (Fsp3) is 0.241. The molecule has 0 aliphatic heterocycles.